The standard InChI is InChI=1S/C12H15ClF3NS/c1-18-7-3-2-6-17-11-8-9(12(14,15)16)4-5-10(11)13/h4-5,8,17H,2-3,6-7H2,1H3. The molecule has 0 aliphatic rings. The minimum absolute atomic E-state index is 0.313. The SMILES string of the molecule is CSCCCCNc1cc(C(F)(F)F)ccc1Cl. The molecule has 0 aliphatic heterocycles. The van der Waals surface area contributed by atoms with E-state index in [0.717, 1.165) is 30.7 Å². The van der Waals surface area contributed by atoms with E-state index in [1.54, 1.807) is 11.8 Å². The van der Waals surface area contributed by atoms with Gasteiger partial charge in [0.1, 0.15) is 0 Å². The third-order valence-corrected chi connectivity index (χ3v) is 3.41. The Kier molecular flexibility index (Phi) is 6.15. The van der Waals surface area contributed by atoms with E-state index in [-0.39, 0.29) is 0 Å². The highest BCUT2D eigenvalue weighted by Crippen LogP contribution is 2.33. The number of thioether (sulfide) groups is 1. The molecule has 1 N–H and O–H groups in total. The summed E-state index contributed by atoms with van der Waals surface area (Å²) in [5.74, 6) is 1.05. The highest BCUT2D eigenvalue weighted by Gasteiger charge is 2.30. The van der Waals surface area contributed by atoms with Crippen molar-refractivity contribution in [3.8, 4) is 0 Å². The quantitative estimate of drug-likeness (QED) is 0.748. The van der Waals surface area contributed by atoms with Gasteiger partial charge in [0, 0.05) is 6.54 Å². The van der Waals surface area contributed by atoms with Gasteiger partial charge in [-0.2, -0.15) is 24.9 Å². The molecule has 102 valence electrons. The Morgan fingerprint density at radius 3 is 2.61 bits per heavy atom. The van der Waals surface area contributed by atoms with Crippen LogP contribution >= 0.6 is 23.4 Å². The number of halogens is 4. The first-order chi connectivity index (χ1) is 8.45. The van der Waals surface area contributed by atoms with E-state index in [1.165, 1.54) is 6.07 Å². The van der Waals surface area contributed by atoms with Crippen molar-refractivity contribution in [2.24, 2.45) is 0 Å². The van der Waals surface area contributed by atoms with Crippen LogP contribution in [0.15, 0.2) is 18.2 Å². The molecule has 0 radical (unpaired) electrons. The molecule has 0 bridgehead atoms. The number of nitrogens with one attached hydrogen (secondary N) is 1. The molecule has 0 spiro atoms. The lowest BCUT2D eigenvalue weighted by atomic mass is 10.2. The number of alkyl halides is 3. The zero-order valence-corrected chi connectivity index (χ0v) is 11.6. The Hall–Kier alpha value is -0.550. The number of rotatable bonds is 6. The predicted molar refractivity (Wildman–Crippen MR) is 72.6 cm³/mol. The summed E-state index contributed by atoms with van der Waals surface area (Å²) in [7, 11) is 0. The van der Waals surface area contributed by atoms with Crippen molar-refractivity contribution in [3.05, 3.63) is 28.8 Å². The summed E-state index contributed by atoms with van der Waals surface area (Å²) in [6.45, 7) is 0.627. The molecule has 0 heterocycles. The summed E-state index contributed by atoms with van der Waals surface area (Å²) in [5.41, 5.74) is -0.339. The predicted octanol–water partition coefficient (Wildman–Crippen LogP) is 4.91. The minimum atomic E-state index is -4.33. The zero-order valence-electron chi connectivity index (χ0n) is 9.98. The fraction of sp³-hybridized carbons (Fsp3) is 0.500. The first-order valence-corrected chi connectivity index (χ1v) is 7.32. The maximum absolute atomic E-state index is 12.5. The van der Waals surface area contributed by atoms with Crippen molar-refractivity contribution in [2.45, 2.75) is 19.0 Å². The van der Waals surface area contributed by atoms with E-state index >= 15 is 0 Å². The molecule has 1 aromatic carbocycles. The molecule has 0 saturated carbocycles. The van der Waals surface area contributed by atoms with Crippen LogP contribution in [0.3, 0.4) is 0 Å². The number of hydrogen-bond acceptors (Lipinski definition) is 2. The second-order valence-corrected chi connectivity index (χ2v) is 5.21. The first-order valence-electron chi connectivity index (χ1n) is 5.54. The van der Waals surface area contributed by atoms with Crippen LogP contribution in [-0.2, 0) is 6.18 Å². The summed E-state index contributed by atoms with van der Waals surface area (Å²) in [6, 6.07) is 3.31. The molecule has 0 amide bonds. The third-order valence-electron chi connectivity index (χ3n) is 2.38. The maximum atomic E-state index is 12.5. The second kappa shape index (κ2) is 7.14. The third kappa shape index (κ3) is 4.98. The Morgan fingerprint density at radius 1 is 1.28 bits per heavy atom. The minimum Gasteiger partial charge on any atom is -0.384 e. The Bertz CT molecular complexity index is 382. The van der Waals surface area contributed by atoms with Gasteiger partial charge in [0.2, 0.25) is 0 Å². The molecule has 0 fully saturated rings. The van der Waals surface area contributed by atoms with Crippen LogP contribution in [0.4, 0.5) is 18.9 Å². The largest absolute Gasteiger partial charge is 0.416 e. The van der Waals surface area contributed by atoms with Crippen LogP contribution < -0.4 is 5.32 Å². The Morgan fingerprint density at radius 2 is 2.00 bits per heavy atom. The molecule has 0 saturated heterocycles. The Labute approximate surface area is 114 Å². The van der Waals surface area contributed by atoms with Gasteiger partial charge in [0.25, 0.3) is 0 Å². The van der Waals surface area contributed by atoms with Crippen molar-refractivity contribution in [1.82, 2.24) is 0 Å². The molecule has 0 atom stereocenters. The van der Waals surface area contributed by atoms with Crippen LogP contribution in [0.25, 0.3) is 0 Å². The summed E-state index contributed by atoms with van der Waals surface area (Å²) in [4.78, 5) is 0. The molecule has 1 nitrogen and oxygen atoms in total. The molecule has 0 aromatic heterocycles. The van der Waals surface area contributed by atoms with E-state index in [0.29, 0.717) is 17.3 Å². The lowest BCUT2D eigenvalue weighted by molar-refractivity contribution is -0.137. The number of anilines is 1. The van der Waals surface area contributed by atoms with Crippen molar-refractivity contribution >= 4 is 29.1 Å². The normalized spacial score (nSPS) is 11.6. The van der Waals surface area contributed by atoms with E-state index in [1.807, 2.05) is 6.26 Å². The maximum Gasteiger partial charge on any atom is 0.416 e. The van der Waals surface area contributed by atoms with Gasteiger partial charge in [-0.15, -0.1) is 0 Å². The van der Waals surface area contributed by atoms with Crippen LogP contribution in [0.5, 0.6) is 0 Å². The van der Waals surface area contributed by atoms with Crippen LogP contribution in [-0.4, -0.2) is 18.6 Å². The van der Waals surface area contributed by atoms with E-state index < -0.39 is 11.7 Å². The fourth-order valence-electron chi connectivity index (χ4n) is 1.43. The fourth-order valence-corrected chi connectivity index (χ4v) is 2.11. The van der Waals surface area contributed by atoms with E-state index in [4.69, 9.17) is 11.6 Å². The molecular weight excluding hydrogens is 283 g/mol. The molecule has 1 aromatic rings. The molecule has 0 unspecified atom stereocenters. The van der Waals surface area contributed by atoms with Gasteiger partial charge in [0.05, 0.1) is 16.3 Å². The van der Waals surface area contributed by atoms with E-state index in [9.17, 15) is 13.2 Å². The molecule has 1 rings (SSSR count). The van der Waals surface area contributed by atoms with Gasteiger partial charge in [-0.3, -0.25) is 0 Å². The topological polar surface area (TPSA) is 12.0 Å². The molecule has 6 heteroatoms. The van der Waals surface area contributed by atoms with Crippen LogP contribution in [0.2, 0.25) is 5.02 Å². The van der Waals surface area contributed by atoms with Gasteiger partial charge in [-0.1, -0.05) is 11.6 Å². The molecule has 0 aliphatic carbocycles. The highest BCUT2D eigenvalue weighted by atomic mass is 35.5. The number of unbranched alkanes of at least 4 members (excludes halogenated alkanes) is 1. The molecule has 18 heavy (non-hydrogen) atoms. The Balaban J connectivity index is 2.59. The smallest absolute Gasteiger partial charge is 0.384 e. The highest BCUT2D eigenvalue weighted by molar-refractivity contribution is 7.98. The van der Waals surface area contributed by atoms with Crippen molar-refractivity contribution in [3.63, 3.8) is 0 Å². The average Bonchev–Trinajstić information content (AvgIpc) is 2.29. The van der Waals surface area contributed by atoms with Crippen LogP contribution in [0.1, 0.15) is 18.4 Å². The van der Waals surface area contributed by atoms with E-state index in [2.05, 4.69) is 5.32 Å². The lowest BCUT2D eigenvalue weighted by Gasteiger charge is -2.12. The van der Waals surface area contributed by atoms with Crippen molar-refractivity contribution < 1.29 is 13.2 Å². The summed E-state index contributed by atoms with van der Waals surface area (Å²) in [6.07, 6.45) is -0.366. The average molecular weight is 298 g/mol. The molecular formula is C12H15ClF3NS. The van der Waals surface area contributed by atoms with Crippen molar-refractivity contribution in [1.29, 1.82) is 0 Å². The zero-order chi connectivity index (χ0) is 13.6. The lowest BCUT2D eigenvalue weighted by Crippen LogP contribution is -2.07. The van der Waals surface area contributed by atoms with Gasteiger partial charge in [-0.25, -0.2) is 0 Å². The summed E-state index contributed by atoms with van der Waals surface area (Å²) in [5, 5.41) is 3.26. The van der Waals surface area contributed by atoms with Gasteiger partial charge >= 0.3 is 6.18 Å². The summed E-state index contributed by atoms with van der Waals surface area (Å²) < 4.78 is 37.5. The van der Waals surface area contributed by atoms with Crippen molar-refractivity contribution in [2.75, 3.05) is 23.9 Å². The number of hydrogen-bond donors (Lipinski definition) is 1. The van der Waals surface area contributed by atoms with Gasteiger partial charge < -0.3 is 5.32 Å². The van der Waals surface area contributed by atoms with Crippen LogP contribution in [0, 0.1) is 0 Å². The summed E-state index contributed by atoms with van der Waals surface area (Å²) >= 11 is 7.61. The van der Waals surface area contributed by atoms with Gasteiger partial charge in [0.15, 0.2) is 0 Å². The van der Waals surface area contributed by atoms with Gasteiger partial charge in [-0.05, 0) is 43.0 Å². The first kappa shape index (κ1) is 15.5. The second-order valence-electron chi connectivity index (χ2n) is 3.82. The number of benzene rings is 1. The monoisotopic (exact) mass is 297 g/mol.